The van der Waals surface area contributed by atoms with Crippen molar-refractivity contribution in [3.05, 3.63) is 22.2 Å². The maximum absolute atomic E-state index is 12.4. The molecule has 36 heavy (non-hydrogen) atoms. The summed E-state index contributed by atoms with van der Waals surface area (Å²) in [6.07, 6.45) is 0.308. The summed E-state index contributed by atoms with van der Waals surface area (Å²) < 4.78 is 48.4. The van der Waals surface area contributed by atoms with Gasteiger partial charge >= 0.3 is 171 Å². The van der Waals surface area contributed by atoms with Crippen LogP contribution in [0.4, 0.5) is 5.82 Å². The summed E-state index contributed by atoms with van der Waals surface area (Å²) in [5, 5.41) is 0. The summed E-state index contributed by atoms with van der Waals surface area (Å²) in [6, 6.07) is 0. The van der Waals surface area contributed by atoms with Gasteiger partial charge < -0.3 is 11.5 Å². The Kier molecular flexibility index (Phi) is 11.8. The van der Waals surface area contributed by atoms with E-state index in [0.717, 1.165) is 4.57 Å². The maximum atomic E-state index is 12.4. The molecule has 2 rings (SSSR count). The minimum absolute atomic E-state index is 0.0358. The molecular weight excluding hydrogens is 589 g/mol. The van der Waals surface area contributed by atoms with E-state index in [2.05, 4.69) is 30.0 Å². The van der Waals surface area contributed by atoms with Crippen molar-refractivity contribution in [2.45, 2.75) is 24.9 Å². The number of nitrogens with zero attached hydrogens (tertiary/aromatic N) is 2. The number of nitrogen functional groups attached to an aromatic ring is 1. The molecule has 0 spiro atoms. The van der Waals surface area contributed by atoms with Gasteiger partial charge in [0.15, 0.2) is 0 Å². The number of ether oxygens (including phenoxy) is 2. The topological polar surface area (TPSA) is 268 Å². The fourth-order valence-corrected chi connectivity index (χ4v) is 6.80. The Morgan fingerprint density at radius 1 is 1.33 bits per heavy atom. The summed E-state index contributed by atoms with van der Waals surface area (Å²) in [5.41, 5.74) is 10.5. The normalized spacial score (nSPS) is 23.9. The Morgan fingerprint density at radius 3 is 2.64 bits per heavy atom. The zero-order chi connectivity index (χ0) is 27.1. The number of phosphoric ester groups is 1. The van der Waals surface area contributed by atoms with Crippen LogP contribution in [0.3, 0.4) is 0 Å². The summed E-state index contributed by atoms with van der Waals surface area (Å²) in [7, 11) is -13.8. The van der Waals surface area contributed by atoms with Crippen LogP contribution in [0, 0.1) is 11.8 Å². The molecule has 1 aliphatic rings. The first-order valence-electron chi connectivity index (χ1n) is 9.56. The number of hydrogen-bond acceptors (Lipinski definition) is 16. The molecule has 1 aromatic heterocycles. The van der Waals surface area contributed by atoms with Crippen molar-refractivity contribution in [2.75, 3.05) is 31.1 Å². The molecule has 0 amide bonds. The second-order valence-electron chi connectivity index (χ2n) is 6.69. The van der Waals surface area contributed by atoms with Crippen molar-refractivity contribution in [2.24, 2.45) is 5.73 Å². The first-order valence-corrected chi connectivity index (χ1v) is 17.0. The number of rotatable bonds is 12. The van der Waals surface area contributed by atoms with Gasteiger partial charge in [0, 0.05) is 0 Å². The van der Waals surface area contributed by atoms with Crippen LogP contribution in [0.25, 0.3) is 0 Å². The van der Waals surface area contributed by atoms with Crippen LogP contribution in [0.5, 0.6) is 0 Å². The van der Waals surface area contributed by atoms with Gasteiger partial charge in [-0.2, -0.15) is 0 Å². The van der Waals surface area contributed by atoms with Crippen molar-refractivity contribution in [3.8, 4) is 11.8 Å². The van der Waals surface area contributed by atoms with Gasteiger partial charge in [-0.05, 0) is 6.26 Å². The van der Waals surface area contributed by atoms with Gasteiger partial charge in [0.2, 0.25) is 0 Å². The van der Waals surface area contributed by atoms with Crippen LogP contribution in [-0.4, -0.2) is 71.6 Å². The van der Waals surface area contributed by atoms with E-state index in [-0.39, 0.29) is 30.3 Å². The number of anilines is 1. The van der Waals surface area contributed by atoms with E-state index < -0.39 is 54.5 Å². The molecule has 22 heteroatoms. The van der Waals surface area contributed by atoms with Crippen LogP contribution < -0.4 is 17.2 Å². The van der Waals surface area contributed by atoms with Crippen molar-refractivity contribution in [1.82, 2.24) is 9.55 Å². The predicted octanol–water partition coefficient (Wildman–Crippen LogP) is -0.585. The van der Waals surface area contributed by atoms with Crippen LogP contribution in [0.1, 0.15) is 18.2 Å². The number of nitrogens with two attached hydrogens (primary N) is 2. The zero-order valence-corrected chi connectivity index (χ0v) is 22.8. The molecule has 0 aliphatic carbocycles. The third kappa shape index (κ3) is 10.3. The minimum atomic E-state index is -5.61. The molecular formula is C14H25N4O13P3S2. The Balaban J connectivity index is 2.19. The molecule has 1 fully saturated rings. The molecule has 1 aromatic rings. The van der Waals surface area contributed by atoms with Crippen molar-refractivity contribution < 1.29 is 56.2 Å². The Bertz CT molecular complexity index is 1120. The fraction of sp³-hybridized carbons (Fsp3) is 0.571. The van der Waals surface area contributed by atoms with Crippen molar-refractivity contribution in [3.63, 3.8) is 0 Å². The van der Waals surface area contributed by atoms with E-state index in [1.807, 2.05) is 6.26 Å². The average molecular weight is 614 g/mol. The van der Waals surface area contributed by atoms with Crippen LogP contribution in [-0.2, 0) is 31.7 Å². The number of aromatic nitrogens is 2. The standard InChI is InChI=1S/C14H25N4O13P3S2/c1-35-36-8-27-10-5-12(18-6-9(3-2-4-15)13(16)17-14(18)19)29-11(10)7-28-33(23,24)31-34(25,26)30-32(20,21)22/h6,10-12,20-22,32H,4-5,7-8,15H2,1H3,(H,23,24)(H,25,26)(H2,16,17,19)/t10-,11+,12+/m0/s1. The van der Waals surface area contributed by atoms with Crippen LogP contribution >= 0.6 is 45.4 Å². The van der Waals surface area contributed by atoms with Crippen LogP contribution in [0.2, 0.25) is 0 Å². The molecule has 0 bridgehead atoms. The van der Waals surface area contributed by atoms with E-state index in [1.165, 1.54) is 27.8 Å². The van der Waals surface area contributed by atoms with Gasteiger partial charge in [0.05, 0.1) is 6.54 Å². The Morgan fingerprint density at radius 2 is 2.03 bits per heavy atom. The van der Waals surface area contributed by atoms with Gasteiger partial charge in [-0.25, -0.2) is 0 Å². The molecule has 9 N–H and O–H groups in total. The first kappa shape index (κ1) is 31.6. The SMILES string of the molecule is CSSCO[C@H]1C[C@H](n2cc(C#CCN)c(N)nc2=O)O[C@@H]1COP(=O)(O)OP(=O)(O)O[PH](O)(O)O. The van der Waals surface area contributed by atoms with Gasteiger partial charge in [-0.3, -0.25) is 0 Å². The van der Waals surface area contributed by atoms with Crippen molar-refractivity contribution >= 4 is 51.2 Å². The molecule has 1 saturated heterocycles. The average Bonchev–Trinajstić information content (AvgIpc) is 3.12. The molecule has 2 unspecified atom stereocenters. The molecule has 17 nitrogen and oxygen atoms in total. The monoisotopic (exact) mass is 614 g/mol. The van der Waals surface area contributed by atoms with Gasteiger partial charge in [0.1, 0.15) is 5.82 Å². The Hall–Kier alpha value is -0.610. The number of hydrogen-bond donors (Lipinski definition) is 7. The van der Waals surface area contributed by atoms with Gasteiger partial charge in [0.25, 0.3) is 0 Å². The van der Waals surface area contributed by atoms with Crippen molar-refractivity contribution in [1.29, 1.82) is 0 Å². The van der Waals surface area contributed by atoms with E-state index in [1.54, 1.807) is 0 Å². The third-order valence-corrected chi connectivity index (χ3v) is 9.58. The first-order chi connectivity index (χ1) is 16.7. The fourth-order valence-electron chi connectivity index (χ4n) is 2.78. The van der Waals surface area contributed by atoms with Gasteiger partial charge in [-0.15, -0.1) is 0 Å². The summed E-state index contributed by atoms with van der Waals surface area (Å²) >= 11 is 0. The quantitative estimate of drug-likeness (QED) is 0.0510. The predicted molar refractivity (Wildman–Crippen MR) is 131 cm³/mol. The van der Waals surface area contributed by atoms with Gasteiger partial charge in [-0.1, -0.05) is 11.8 Å². The number of phosphoric acid groups is 2. The second kappa shape index (κ2) is 13.5. The van der Waals surface area contributed by atoms with E-state index in [9.17, 15) is 23.7 Å². The van der Waals surface area contributed by atoms with E-state index >= 15 is 0 Å². The molecule has 0 aromatic carbocycles. The Labute approximate surface area is 212 Å². The molecule has 0 saturated carbocycles. The summed E-state index contributed by atoms with van der Waals surface area (Å²) in [5.74, 6) is 5.31. The van der Waals surface area contributed by atoms with Crippen LogP contribution in [0.15, 0.2) is 11.0 Å². The molecule has 5 atom stereocenters. The summed E-state index contributed by atoms with van der Waals surface area (Å²) in [4.78, 5) is 61.4. The molecule has 206 valence electrons. The second-order valence-corrected chi connectivity index (χ2v) is 13.9. The zero-order valence-electron chi connectivity index (χ0n) is 18.4. The summed E-state index contributed by atoms with van der Waals surface area (Å²) in [6.45, 7) is -0.704. The third-order valence-electron chi connectivity index (χ3n) is 4.09. The van der Waals surface area contributed by atoms with E-state index in [0.29, 0.717) is 0 Å². The molecule has 0 radical (unpaired) electrons. The molecule has 2 heterocycles. The molecule has 1 aliphatic heterocycles. The van der Waals surface area contributed by atoms with E-state index in [4.69, 9.17) is 35.6 Å².